The summed E-state index contributed by atoms with van der Waals surface area (Å²) in [5, 5.41) is 3.59. The van der Waals surface area contributed by atoms with Gasteiger partial charge in [-0.2, -0.15) is 0 Å². The first-order chi connectivity index (χ1) is 8.58. The number of nitrogens with zero attached hydrogens (tertiary/aromatic N) is 1. The fourth-order valence-electron chi connectivity index (χ4n) is 2.18. The number of hydrogen-bond acceptors (Lipinski definition) is 2. The summed E-state index contributed by atoms with van der Waals surface area (Å²) in [5.74, 6) is 0.657. The molecule has 0 saturated heterocycles. The minimum absolute atomic E-state index is 0.552. The summed E-state index contributed by atoms with van der Waals surface area (Å²) in [7, 11) is 0. The van der Waals surface area contributed by atoms with E-state index in [-0.39, 0.29) is 0 Å². The second-order valence-electron chi connectivity index (χ2n) is 5.28. The van der Waals surface area contributed by atoms with Gasteiger partial charge in [0.25, 0.3) is 0 Å². The molecule has 0 fully saturated rings. The van der Waals surface area contributed by atoms with E-state index in [1.807, 2.05) is 0 Å². The predicted molar refractivity (Wildman–Crippen MR) is 81.4 cm³/mol. The van der Waals surface area contributed by atoms with E-state index in [4.69, 9.17) is 0 Å². The molecule has 0 spiro atoms. The quantitative estimate of drug-likeness (QED) is 0.795. The SMILES string of the molecule is CCNC(CN(CC)c1ccc(C)cc1)C(C)C. The molecule has 1 N–H and O–H groups in total. The Morgan fingerprint density at radius 2 is 1.72 bits per heavy atom. The maximum atomic E-state index is 3.59. The van der Waals surface area contributed by atoms with Gasteiger partial charge in [-0.3, -0.25) is 0 Å². The van der Waals surface area contributed by atoms with Crippen LogP contribution in [0, 0.1) is 12.8 Å². The molecule has 0 bridgehead atoms. The van der Waals surface area contributed by atoms with E-state index >= 15 is 0 Å². The first kappa shape index (κ1) is 15.0. The molecule has 2 nitrogen and oxygen atoms in total. The van der Waals surface area contributed by atoms with Crippen LogP contribution in [0.2, 0.25) is 0 Å². The van der Waals surface area contributed by atoms with E-state index in [0.29, 0.717) is 12.0 Å². The van der Waals surface area contributed by atoms with E-state index in [1.54, 1.807) is 0 Å². The topological polar surface area (TPSA) is 15.3 Å². The van der Waals surface area contributed by atoms with E-state index in [0.717, 1.165) is 19.6 Å². The Morgan fingerprint density at radius 3 is 2.17 bits per heavy atom. The summed E-state index contributed by atoms with van der Waals surface area (Å²) in [6.07, 6.45) is 0. The van der Waals surface area contributed by atoms with Crippen molar-refractivity contribution in [1.29, 1.82) is 0 Å². The van der Waals surface area contributed by atoms with Gasteiger partial charge >= 0.3 is 0 Å². The molecule has 18 heavy (non-hydrogen) atoms. The Kier molecular flexibility index (Phi) is 6.20. The molecule has 0 aliphatic heterocycles. The largest absolute Gasteiger partial charge is 0.370 e. The van der Waals surface area contributed by atoms with E-state index < -0.39 is 0 Å². The average molecular weight is 248 g/mol. The minimum Gasteiger partial charge on any atom is -0.370 e. The van der Waals surface area contributed by atoms with Crippen molar-refractivity contribution in [3.05, 3.63) is 29.8 Å². The molecule has 0 heterocycles. The first-order valence-corrected chi connectivity index (χ1v) is 7.13. The van der Waals surface area contributed by atoms with Crippen LogP contribution in [0.4, 0.5) is 5.69 Å². The Hall–Kier alpha value is -1.02. The lowest BCUT2D eigenvalue weighted by atomic mass is 10.0. The van der Waals surface area contributed by atoms with Crippen LogP contribution in [-0.2, 0) is 0 Å². The molecular weight excluding hydrogens is 220 g/mol. The molecule has 0 aliphatic carbocycles. The molecule has 1 aromatic carbocycles. The molecule has 0 saturated carbocycles. The molecule has 1 aromatic rings. The number of likely N-dealkylation sites (N-methyl/N-ethyl adjacent to an activating group) is 2. The van der Waals surface area contributed by atoms with Crippen LogP contribution in [0.1, 0.15) is 33.3 Å². The third kappa shape index (κ3) is 4.34. The van der Waals surface area contributed by atoms with Gasteiger partial charge in [-0.05, 0) is 38.4 Å². The predicted octanol–water partition coefficient (Wildman–Crippen LogP) is 3.46. The van der Waals surface area contributed by atoms with Crippen LogP contribution in [0.25, 0.3) is 0 Å². The van der Waals surface area contributed by atoms with Gasteiger partial charge in [0.15, 0.2) is 0 Å². The van der Waals surface area contributed by atoms with Crippen molar-refractivity contribution < 1.29 is 0 Å². The molecule has 1 atom stereocenters. The first-order valence-electron chi connectivity index (χ1n) is 7.13. The van der Waals surface area contributed by atoms with Gasteiger partial charge in [0.05, 0.1) is 0 Å². The van der Waals surface area contributed by atoms with Crippen LogP contribution >= 0.6 is 0 Å². The normalized spacial score (nSPS) is 12.8. The maximum absolute atomic E-state index is 3.59. The highest BCUT2D eigenvalue weighted by molar-refractivity contribution is 5.47. The van der Waals surface area contributed by atoms with Crippen molar-refractivity contribution in [2.45, 2.75) is 40.7 Å². The molecule has 0 aromatic heterocycles. The van der Waals surface area contributed by atoms with Crippen molar-refractivity contribution in [2.24, 2.45) is 5.92 Å². The average Bonchev–Trinajstić information content (AvgIpc) is 2.35. The minimum atomic E-state index is 0.552. The zero-order chi connectivity index (χ0) is 13.5. The zero-order valence-electron chi connectivity index (χ0n) is 12.5. The van der Waals surface area contributed by atoms with Gasteiger partial charge in [-0.1, -0.05) is 38.5 Å². The second-order valence-corrected chi connectivity index (χ2v) is 5.28. The van der Waals surface area contributed by atoms with Gasteiger partial charge < -0.3 is 10.2 Å². The van der Waals surface area contributed by atoms with E-state index in [9.17, 15) is 0 Å². The molecule has 0 amide bonds. The highest BCUT2D eigenvalue weighted by Crippen LogP contribution is 2.16. The summed E-state index contributed by atoms with van der Waals surface area (Å²) in [6, 6.07) is 9.38. The standard InChI is InChI=1S/C16H28N2/c1-6-17-16(13(3)4)12-18(7-2)15-10-8-14(5)9-11-15/h8-11,13,16-17H,6-7,12H2,1-5H3. The van der Waals surface area contributed by atoms with Gasteiger partial charge in [-0.15, -0.1) is 0 Å². The highest BCUT2D eigenvalue weighted by atomic mass is 15.1. The maximum Gasteiger partial charge on any atom is 0.0366 e. The van der Waals surface area contributed by atoms with Gasteiger partial charge in [0.1, 0.15) is 0 Å². The van der Waals surface area contributed by atoms with Crippen molar-refractivity contribution >= 4 is 5.69 Å². The Morgan fingerprint density at radius 1 is 1.11 bits per heavy atom. The molecule has 1 rings (SSSR count). The Labute approximate surface area is 112 Å². The zero-order valence-corrected chi connectivity index (χ0v) is 12.5. The van der Waals surface area contributed by atoms with Crippen LogP contribution < -0.4 is 10.2 Å². The molecule has 1 unspecified atom stereocenters. The van der Waals surface area contributed by atoms with Crippen molar-refractivity contribution in [3.63, 3.8) is 0 Å². The summed E-state index contributed by atoms with van der Waals surface area (Å²) in [6.45, 7) is 14.3. The number of rotatable bonds is 7. The Bertz CT molecular complexity index is 329. The third-order valence-electron chi connectivity index (χ3n) is 3.47. The molecule has 2 heteroatoms. The van der Waals surface area contributed by atoms with Gasteiger partial charge in [0, 0.05) is 24.8 Å². The second kappa shape index (κ2) is 7.42. The lowest BCUT2D eigenvalue weighted by molar-refractivity contribution is 0.406. The smallest absolute Gasteiger partial charge is 0.0366 e. The monoisotopic (exact) mass is 248 g/mol. The van der Waals surface area contributed by atoms with Crippen LogP contribution in [0.15, 0.2) is 24.3 Å². The number of aryl methyl sites for hydroxylation is 1. The number of nitrogens with one attached hydrogen (secondary N) is 1. The number of anilines is 1. The number of benzene rings is 1. The fraction of sp³-hybridized carbons (Fsp3) is 0.625. The Balaban J connectivity index is 2.73. The lowest BCUT2D eigenvalue weighted by Gasteiger charge is -2.31. The van der Waals surface area contributed by atoms with E-state index in [1.165, 1.54) is 11.3 Å². The lowest BCUT2D eigenvalue weighted by Crippen LogP contribution is -2.44. The molecule has 102 valence electrons. The summed E-state index contributed by atoms with van der Waals surface area (Å²) >= 11 is 0. The number of hydrogen-bond donors (Lipinski definition) is 1. The molecule has 0 aliphatic rings. The van der Waals surface area contributed by atoms with Crippen molar-refractivity contribution in [3.8, 4) is 0 Å². The van der Waals surface area contributed by atoms with Gasteiger partial charge in [-0.25, -0.2) is 0 Å². The van der Waals surface area contributed by atoms with Crippen molar-refractivity contribution in [1.82, 2.24) is 5.32 Å². The highest BCUT2D eigenvalue weighted by Gasteiger charge is 2.15. The van der Waals surface area contributed by atoms with Gasteiger partial charge in [0.2, 0.25) is 0 Å². The van der Waals surface area contributed by atoms with Crippen LogP contribution in [0.3, 0.4) is 0 Å². The van der Waals surface area contributed by atoms with Crippen LogP contribution in [-0.4, -0.2) is 25.7 Å². The van der Waals surface area contributed by atoms with Crippen molar-refractivity contribution in [2.75, 3.05) is 24.5 Å². The van der Waals surface area contributed by atoms with Crippen LogP contribution in [0.5, 0.6) is 0 Å². The summed E-state index contributed by atoms with van der Waals surface area (Å²) < 4.78 is 0. The molecular formula is C16H28N2. The summed E-state index contributed by atoms with van der Waals surface area (Å²) in [4.78, 5) is 2.45. The van der Waals surface area contributed by atoms with E-state index in [2.05, 4.69) is 69.1 Å². The fourth-order valence-corrected chi connectivity index (χ4v) is 2.18. The molecule has 0 radical (unpaired) electrons. The summed E-state index contributed by atoms with van der Waals surface area (Å²) in [5.41, 5.74) is 2.65. The third-order valence-corrected chi connectivity index (χ3v) is 3.47.